The van der Waals surface area contributed by atoms with Gasteiger partial charge in [-0.15, -0.1) is 0 Å². The van der Waals surface area contributed by atoms with Crippen LogP contribution in [-0.2, 0) is 13.0 Å². The zero-order valence-corrected chi connectivity index (χ0v) is 8.50. The summed E-state index contributed by atoms with van der Waals surface area (Å²) in [5.74, 6) is 0.807. The summed E-state index contributed by atoms with van der Waals surface area (Å²) >= 11 is 0. The van der Waals surface area contributed by atoms with Gasteiger partial charge in [-0.1, -0.05) is 13.0 Å². The first-order valence-corrected chi connectivity index (χ1v) is 4.86. The molecule has 1 heterocycles. The minimum Gasteiger partial charge on any atom is -0.441 e. The fraction of sp³-hybridized carbons (Fsp3) is 0.364. The summed E-state index contributed by atoms with van der Waals surface area (Å²) in [4.78, 5) is 4.35. The molecule has 0 aliphatic heterocycles. The Labute approximate surface area is 83.1 Å². The molecule has 74 valence electrons. The molecule has 2 aromatic rings. The van der Waals surface area contributed by atoms with Crippen LogP contribution in [0.15, 0.2) is 22.6 Å². The van der Waals surface area contributed by atoms with Gasteiger partial charge in [-0.25, -0.2) is 4.98 Å². The fourth-order valence-electron chi connectivity index (χ4n) is 1.48. The van der Waals surface area contributed by atoms with E-state index in [0.717, 1.165) is 30.0 Å². The van der Waals surface area contributed by atoms with Gasteiger partial charge in [-0.05, 0) is 24.7 Å². The number of hydrogen-bond donors (Lipinski definition) is 1. The maximum Gasteiger partial charge on any atom is 0.195 e. The molecule has 0 fully saturated rings. The molecule has 0 aliphatic rings. The van der Waals surface area contributed by atoms with Gasteiger partial charge in [-0.2, -0.15) is 0 Å². The van der Waals surface area contributed by atoms with Gasteiger partial charge in [0, 0.05) is 13.0 Å². The van der Waals surface area contributed by atoms with E-state index in [1.807, 2.05) is 26.1 Å². The Kier molecular flexibility index (Phi) is 2.50. The van der Waals surface area contributed by atoms with Gasteiger partial charge in [0.2, 0.25) is 0 Å². The van der Waals surface area contributed by atoms with Crippen molar-refractivity contribution in [1.82, 2.24) is 10.3 Å². The highest BCUT2D eigenvalue weighted by Gasteiger charge is 2.03. The number of fused-ring (bicyclic) bond motifs is 1. The van der Waals surface area contributed by atoms with E-state index in [9.17, 15) is 0 Å². The molecule has 0 bridgehead atoms. The van der Waals surface area contributed by atoms with Crippen molar-refractivity contribution >= 4 is 11.1 Å². The lowest BCUT2D eigenvalue weighted by atomic mass is 10.2. The third kappa shape index (κ3) is 1.63. The van der Waals surface area contributed by atoms with Gasteiger partial charge in [0.05, 0.1) is 0 Å². The highest BCUT2D eigenvalue weighted by Crippen LogP contribution is 2.17. The molecule has 1 aromatic carbocycles. The molecule has 0 radical (unpaired) electrons. The van der Waals surface area contributed by atoms with E-state index in [-0.39, 0.29) is 0 Å². The zero-order valence-electron chi connectivity index (χ0n) is 8.50. The lowest BCUT2D eigenvalue weighted by molar-refractivity contribution is 0.537. The van der Waals surface area contributed by atoms with Crippen LogP contribution in [0.4, 0.5) is 0 Å². The smallest absolute Gasteiger partial charge is 0.195 e. The van der Waals surface area contributed by atoms with Crippen LogP contribution in [0.25, 0.3) is 11.1 Å². The van der Waals surface area contributed by atoms with Crippen molar-refractivity contribution in [2.45, 2.75) is 19.9 Å². The highest BCUT2D eigenvalue weighted by molar-refractivity contribution is 5.73. The molecule has 3 heteroatoms. The molecule has 1 N–H and O–H groups in total. The molecule has 0 saturated carbocycles. The Morgan fingerprint density at radius 3 is 3.00 bits per heavy atom. The van der Waals surface area contributed by atoms with Crippen LogP contribution in [0.2, 0.25) is 0 Å². The Balaban J connectivity index is 2.43. The van der Waals surface area contributed by atoms with Gasteiger partial charge < -0.3 is 9.73 Å². The van der Waals surface area contributed by atoms with Crippen LogP contribution in [0.3, 0.4) is 0 Å². The molecule has 0 spiro atoms. The predicted octanol–water partition coefficient (Wildman–Crippen LogP) is 2.11. The van der Waals surface area contributed by atoms with Gasteiger partial charge in [-0.3, -0.25) is 0 Å². The summed E-state index contributed by atoms with van der Waals surface area (Å²) < 4.78 is 5.57. The van der Waals surface area contributed by atoms with Gasteiger partial charge in [0.25, 0.3) is 0 Å². The third-order valence-electron chi connectivity index (χ3n) is 2.18. The van der Waals surface area contributed by atoms with Crippen LogP contribution in [0.5, 0.6) is 0 Å². The summed E-state index contributed by atoms with van der Waals surface area (Å²) in [6.45, 7) is 2.90. The largest absolute Gasteiger partial charge is 0.441 e. The molecule has 3 nitrogen and oxygen atoms in total. The number of oxazole rings is 1. The van der Waals surface area contributed by atoms with E-state index in [4.69, 9.17) is 4.42 Å². The van der Waals surface area contributed by atoms with Crippen LogP contribution in [0.1, 0.15) is 18.4 Å². The average molecular weight is 190 g/mol. The van der Waals surface area contributed by atoms with Crippen molar-refractivity contribution in [1.29, 1.82) is 0 Å². The van der Waals surface area contributed by atoms with Crippen molar-refractivity contribution in [3.8, 4) is 0 Å². The van der Waals surface area contributed by atoms with E-state index >= 15 is 0 Å². The molecule has 14 heavy (non-hydrogen) atoms. The van der Waals surface area contributed by atoms with E-state index < -0.39 is 0 Å². The number of aromatic nitrogens is 1. The van der Waals surface area contributed by atoms with Crippen molar-refractivity contribution in [3.05, 3.63) is 29.7 Å². The highest BCUT2D eigenvalue weighted by atomic mass is 16.3. The topological polar surface area (TPSA) is 38.1 Å². The van der Waals surface area contributed by atoms with E-state index in [2.05, 4.69) is 16.4 Å². The number of nitrogens with one attached hydrogen (secondary N) is 1. The summed E-state index contributed by atoms with van der Waals surface area (Å²) in [6.07, 6.45) is 0.843. The standard InChI is InChI=1S/C11H14N2O/c1-3-11-13-9-5-4-8(7-12-2)6-10(9)14-11/h4-6,12H,3,7H2,1-2H3. The minimum absolute atomic E-state index is 0.807. The minimum atomic E-state index is 0.807. The molecular weight excluding hydrogens is 176 g/mol. The molecule has 0 amide bonds. The Morgan fingerprint density at radius 2 is 2.29 bits per heavy atom. The number of rotatable bonds is 3. The van der Waals surface area contributed by atoms with Crippen molar-refractivity contribution in [2.24, 2.45) is 0 Å². The molecule has 0 aliphatic carbocycles. The average Bonchev–Trinajstić information content (AvgIpc) is 2.60. The fourth-order valence-corrected chi connectivity index (χ4v) is 1.48. The van der Waals surface area contributed by atoms with Crippen molar-refractivity contribution < 1.29 is 4.42 Å². The van der Waals surface area contributed by atoms with Crippen LogP contribution in [0, 0.1) is 0 Å². The lowest BCUT2D eigenvalue weighted by Gasteiger charge is -1.97. The number of hydrogen-bond acceptors (Lipinski definition) is 3. The van der Waals surface area contributed by atoms with Gasteiger partial charge in [0.1, 0.15) is 5.52 Å². The second kappa shape index (κ2) is 3.80. The first kappa shape index (κ1) is 9.21. The number of benzene rings is 1. The molecule has 0 atom stereocenters. The summed E-state index contributed by atoms with van der Waals surface area (Å²) in [6, 6.07) is 6.11. The molecule has 1 aromatic heterocycles. The van der Waals surface area contributed by atoms with Crippen LogP contribution < -0.4 is 5.32 Å². The molecular formula is C11H14N2O. The molecule has 0 unspecified atom stereocenters. The van der Waals surface area contributed by atoms with Crippen LogP contribution in [-0.4, -0.2) is 12.0 Å². The maximum absolute atomic E-state index is 5.57. The van der Waals surface area contributed by atoms with Gasteiger partial charge in [0.15, 0.2) is 11.5 Å². The van der Waals surface area contributed by atoms with E-state index in [1.165, 1.54) is 5.56 Å². The van der Waals surface area contributed by atoms with Crippen molar-refractivity contribution in [2.75, 3.05) is 7.05 Å². The summed E-state index contributed by atoms with van der Waals surface area (Å²) in [5, 5.41) is 3.11. The summed E-state index contributed by atoms with van der Waals surface area (Å²) in [7, 11) is 1.93. The Morgan fingerprint density at radius 1 is 1.43 bits per heavy atom. The monoisotopic (exact) mass is 190 g/mol. The molecule has 2 rings (SSSR count). The molecule has 0 saturated heterocycles. The summed E-state index contributed by atoms with van der Waals surface area (Å²) in [5.41, 5.74) is 3.05. The first-order valence-electron chi connectivity index (χ1n) is 4.86. The van der Waals surface area contributed by atoms with Crippen LogP contribution >= 0.6 is 0 Å². The third-order valence-corrected chi connectivity index (χ3v) is 2.18. The van der Waals surface area contributed by atoms with Crippen molar-refractivity contribution in [3.63, 3.8) is 0 Å². The second-order valence-electron chi connectivity index (χ2n) is 3.29. The van der Waals surface area contributed by atoms with Gasteiger partial charge >= 0.3 is 0 Å². The first-order chi connectivity index (χ1) is 6.83. The lowest BCUT2D eigenvalue weighted by Crippen LogP contribution is -2.04. The SMILES string of the molecule is CCc1nc2ccc(CNC)cc2o1. The second-order valence-corrected chi connectivity index (χ2v) is 3.29. The Bertz CT molecular complexity index is 434. The Hall–Kier alpha value is -1.35. The quantitative estimate of drug-likeness (QED) is 0.805. The number of nitrogens with zero attached hydrogens (tertiary/aromatic N) is 1. The number of aryl methyl sites for hydroxylation is 1. The zero-order chi connectivity index (χ0) is 9.97. The predicted molar refractivity (Wildman–Crippen MR) is 56.2 cm³/mol. The normalized spacial score (nSPS) is 11.0. The van der Waals surface area contributed by atoms with E-state index in [0.29, 0.717) is 0 Å². The maximum atomic E-state index is 5.57. The van der Waals surface area contributed by atoms with E-state index in [1.54, 1.807) is 0 Å².